The summed E-state index contributed by atoms with van der Waals surface area (Å²) in [5, 5.41) is 14.7. The summed E-state index contributed by atoms with van der Waals surface area (Å²) in [6.07, 6.45) is 2.75. The highest BCUT2D eigenvalue weighted by Crippen LogP contribution is 2.20. The van der Waals surface area contributed by atoms with Crippen LogP contribution in [0.25, 0.3) is 0 Å². The number of nitro groups is 1. The molecule has 0 saturated carbocycles. The Hall–Kier alpha value is -2.61. The van der Waals surface area contributed by atoms with Gasteiger partial charge in [0, 0.05) is 31.9 Å². The molecule has 0 N–H and O–H groups in total. The normalized spacial score (nSPS) is 15.6. The molecular formula is C15H19N5O3. The van der Waals surface area contributed by atoms with Crippen molar-refractivity contribution < 1.29 is 9.66 Å². The summed E-state index contributed by atoms with van der Waals surface area (Å²) < 4.78 is 6.79. The largest absolute Gasteiger partial charge is 0.497 e. The Morgan fingerprint density at radius 3 is 2.48 bits per heavy atom. The van der Waals surface area contributed by atoms with Gasteiger partial charge in [-0.3, -0.25) is 19.7 Å². The van der Waals surface area contributed by atoms with Gasteiger partial charge in [0.15, 0.2) is 0 Å². The van der Waals surface area contributed by atoms with E-state index in [1.165, 1.54) is 18.1 Å². The third kappa shape index (κ3) is 3.59. The van der Waals surface area contributed by atoms with Gasteiger partial charge in [-0.1, -0.05) is 0 Å². The van der Waals surface area contributed by atoms with Crippen LogP contribution in [-0.4, -0.2) is 52.9 Å². The molecule has 1 fully saturated rings. The third-order valence-electron chi connectivity index (χ3n) is 3.99. The van der Waals surface area contributed by atoms with Gasteiger partial charge >= 0.3 is 5.69 Å². The molecule has 23 heavy (non-hydrogen) atoms. The zero-order valence-electron chi connectivity index (χ0n) is 13.0. The van der Waals surface area contributed by atoms with Crippen molar-refractivity contribution >= 4 is 11.4 Å². The second kappa shape index (κ2) is 6.66. The first-order chi connectivity index (χ1) is 11.2. The van der Waals surface area contributed by atoms with Crippen molar-refractivity contribution in [3.8, 4) is 5.75 Å². The molecule has 0 aliphatic carbocycles. The zero-order valence-corrected chi connectivity index (χ0v) is 13.0. The van der Waals surface area contributed by atoms with Gasteiger partial charge in [0.25, 0.3) is 0 Å². The Labute approximate surface area is 134 Å². The number of ether oxygens (including phenoxy) is 1. The Morgan fingerprint density at radius 1 is 1.22 bits per heavy atom. The molecule has 2 heterocycles. The molecule has 3 rings (SSSR count). The second-order valence-electron chi connectivity index (χ2n) is 5.44. The molecule has 0 bridgehead atoms. The maximum absolute atomic E-state index is 10.7. The molecule has 8 heteroatoms. The van der Waals surface area contributed by atoms with E-state index in [0.717, 1.165) is 31.9 Å². The van der Waals surface area contributed by atoms with E-state index in [4.69, 9.17) is 4.74 Å². The van der Waals surface area contributed by atoms with Crippen molar-refractivity contribution in [2.45, 2.75) is 6.67 Å². The molecule has 1 saturated heterocycles. The number of piperazine rings is 1. The van der Waals surface area contributed by atoms with E-state index in [0.29, 0.717) is 6.67 Å². The molecular weight excluding hydrogens is 298 g/mol. The molecule has 1 aliphatic rings. The SMILES string of the molecule is COc1ccc(N2CCN(Cn3cc([N+](=O)[O-])cn3)CC2)cc1. The molecule has 1 aromatic carbocycles. The van der Waals surface area contributed by atoms with Crippen molar-refractivity contribution in [3.05, 3.63) is 46.8 Å². The lowest BCUT2D eigenvalue weighted by molar-refractivity contribution is -0.385. The predicted octanol–water partition coefficient (Wildman–Crippen LogP) is 1.58. The van der Waals surface area contributed by atoms with Crippen LogP contribution in [-0.2, 0) is 6.67 Å². The lowest BCUT2D eigenvalue weighted by atomic mass is 10.2. The average molecular weight is 317 g/mol. The third-order valence-corrected chi connectivity index (χ3v) is 3.99. The van der Waals surface area contributed by atoms with Crippen molar-refractivity contribution in [2.75, 3.05) is 38.2 Å². The van der Waals surface area contributed by atoms with Crippen LogP contribution in [0.5, 0.6) is 5.75 Å². The number of methoxy groups -OCH3 is 1. The van der Waals surface area contributed by atoms with Crippen LogP contribution >= 0.6 is 0 Å². The topological polar surface area (TPSA) is 76.7 Å². The lowest BCUT2D eigenvalue weighted by Crippen LogP contribution is -2.46. The van der Waals surface area contributed by atoms with Crippen LogP contribution in [0.3, 0.4) is 0 Å². The molecule has 0 amide bonds. The number of nitrogens with zero attached hydrogens (tertiary/aromatic N) is 5. The quantitative estimate of drug-likeness (QED) is 0.615. The summed E-state index contributed by atoms with van der Waals surface area (Å²) in [5.74, 6) is 0.854. The monoisotopic (exact) mass is 317 g/mol. The average Bonchev–Trinajstić information content (AvgIpc) is 3.04. The van der Waals surface area contributed by atoms with E-state index < -0.39 is 4.92 Å². The standard InChI is InChI=1S/C15H19N5O3/c1-23-15-4-2-13(3-5-15)18-8-6-17(7-9-18)12-19-11-14(10-16-19)20(21)22/h2-5,10-11H,6-9,12H2,1H3. The fraction of sp³-hybridized carbons (Fsp3) is 0.400. The van der Waals surface area contributed by atoms with E-state index in [-0.39, 0.29) is 5.69 Å². The minimum absolute atomic E-state index is 0.0295. The van der Waals surface area contributed by atoms with Crippen LogP contribution in [0, 0.1) is 10.1 Å². The van der Waals surface area contributed by atoms with Crippen LogP contribution in [0.1, 0.15) is 0 Å². The maximum Gasteiger partial charge on any atom is 0.307 e. The van der Waals surface area contributed by atoms with Crippen LogP contribution in [0.4, 0.5) is 11.4 Å². The van der Waals surface area contributed by atoms with E-state index in [1.54, 1.807) is 11.8 Å². The van der Waals surface area contributed by atoms with Crippen molar-refractivity contribution in [3.63, 3.8) is 0 Å². The molecule has 0 atom stereocenters. The molecule has 2 aromatic rings. The van der Waals surface area contributed by atoms with Crippen molar-refractivity contribution in [1.29, 1.82) is 0 Å². The summed E-state index contributed by atoms with van der Waals surface area (Å²) in [6, 6.07) is 8.05. The van der Waals surface area contributed by atoms with Gasteiger partial charge < -0.3 is 9.64 Å². The van der Waals surface area contributed by atoms with Crippen LogP contribution in [0.15, 0.2) is 36.7 Å². The van der Waals surface area contributed by atoms with Crippen LogP contribution in [0.2, 0.25) is 0 Å². The molecule has 8 nitrogen and oxygen atoms in total. The van der Waals surface area contributed by atoms with E-state index in [1.807, 2.05) is 12.1 Å². The predicted molar refractivity (Wildman–Crippen MR) is 85.7 cm³/mol. The second-order valence-corrected chi connectivity index (χ2v) is 5.44. The fourth-order valence-corrected chi connectivity index (χ4v) is 2.67. The smallest absolute Gasteiger partial charge is 0.307 e. The van der Waals surface area contributed by atoms with E-state index in [2.05, 4.69) is 27.0 Å². The summed E-state index contributed by atoms with van der Waals surface area (Å²) in [4.78, 5) is 14.8. The number of anilines is 1. The molecule has 1 aromatic heterocycles. The molecule has 0 spiro atoms. The van der Waals surface area contributed by atoms with Crippen molar-refractivity contribution in [2.24, 2.45) is 0 Å². The Kier molecular flexibility index (Phi) is 4.42. The number of hydrogen-bond donors (Lipinski definition) is 0. The summed E-state index contributed by atoms with van der Waals surface area (Å²) in [7, 11) is 1.66. The summed E-state index contributed by atoms with van der Waals surface area (Å²) in [6.45, 7) is 4.18. The molecule has 0 radical (unpaired) electrons. The highest BCUT2D eigenvalue weighted by Gasteiger charge is 2.18. The number of rotatable bonds is 5. The van der Waals surface area contributed by atoms with Gasteiger partial charge in [0.2, 0.25) is 0 Å². The summed E-state index contributed by atoms with van der Waals surface area (Å²) in [5.41, 5.74) is 1.21. The minimum atomic E-state index is -0.425. The Morgan fingerprint density at radius 2 is 1.91 bits per heavy atom. The molecule has 1 aliphatic heterocycles. The Bertz CT molecular complexity index is 662. The van der Waals surface area contributed by atoms with Gasteiger partial charge in [-0.25, -0.2) is 0 Å². The first-order valence-electron chi connectivity index (χ1n) is 7.44. The number of aromatic nitrogens is 2. The first-order valence-corrected chi connectivity index (χ1v) is 7.44. The highest BCUT2D eigenvalue weighted by molar-refractivity contribution is 5.49. The van der Waals surface area contributed by atoms with Gasteiger partial charge in [0.1, 0.15) is 18.1 Å². The first kappa shape index (κ1) is 15.3. The summed E-state index contributed by atoms with van der Waals surface area (Å²) >= 11 is 0. The van der Waals surface area contributed by atoms with E-state index >= 15 is 0 Å². The fourth-order valence-electron chi connectivity index (χ4n) is 2.67. The lowest BCUT2D eigenvalue weighted by Gasteiger charge is -2.35. The highest BCUT2D eigenvalue weighted by atomic mass is 16.6. The van der Waals surface area contributed by atoms with E-state index in [9.17, 15) is 10.1 Å². The minimum Gasteiger partial charge on any atom is -0.497 e. The van der Waals surface area contributed by atoms with Gasteiger partial charge in [-0.05, 0) is 24.3 Å². The number of benzene rings is 1. The van der Waals surface area contributed by atoms with Crippen LogP contribution < -0.4 is 9.64 Å². The van der Waals surface area contributed by atoms with Gasteiger partial charge in [-0.2, -0.15) is 5.10 Å². The maximum atomic E-state index is 10.7. The molecule has 0 unspecified atom stereocenters. The molecule has 122 valence electrons. The van der Waals surface area contributed by atoms with Gasteiger partial charge in [-0.15, -0.1) is 0 Å². The number of hydrogen-bond acceptors (Lipinski definition) is 6. The van der Waals surface area contributed by atoms with Crippen molar-refractivity contribution in [1.82, 2.24) is 14.7 Å². The zero-order chi connectivity index (χ0) is 16.2. The van der Waals surface area contributed by atoms with Gasteiger partial charge in [0.05, 0.1) is 18.7 Å². The Balaban J connectivity index is 1.54.